The van der Waals surface area contributed by atoms with E-state index in [0.717, 1.165) is 9.13 Å². The van der Waals surface area contributed by atoms with Gasteiger partial charge >= 0.3 is 0 Å². The zero-order chi connectivity index (χ0) is 8.97. The van der Waals surface area contributed by atoms with Crippen LogP contribution in [-0.2, 0) is 0 Å². The Labute approximate surface area is 85.3 Å². The molecule has 0 spiro atoms. The SMILES string of the molecule is C#CCC(=O)c1ccccc1I. The van der Waals surface area contributed by atoms with Crippen LogP contribution < -0.4 is 0 Å². The lowest BCUT2D eigenvalue weighted by molar-refractivity contribution is 0.0997. The van der Waals surface area contributed by atoms with E-state index in [1.807, 2.05) is 18.2 Å². The molecule has 1 aromatic rings. The van der Waals surface area contributed by atoms with Gasteiger partial charge in [0, 0.05) is 9.13 Å². The molecule has 1 rings (SSSR count). The van der Waals surface area contributed by atoms with Gasteiger partial charge in [-0.05, 0) is 28.7 Å². The van der Waals surface area contributed by atoms with Crippen LogP contribution in [0.3, 0.4) is 0 Å². The molecule has 1 nitrogen and oxygen atoms in total. The number of carbonyl (C=O) groups excluding carboxylic acids is 1. The molecule has 0 saturated carbocycles. The Balaban J connectivity index is 2.97. The van der Waals surface area contributed by atoms with E-state index >= 15 is 0 Å². The number of terminal acetylenes is 1. The van der Waals surface area contributed by atoms with Crippen molar-refractivity contribution >= 4 is 28.4 Å². The molecule has 0 radical (unpaired) electrons. The van der Waals surface area contributed by atoms with Gasteiger partial charge in [-0.1, -0.05) is 24.1 Å². The summed E-state index contributed by atoms with van der Waals surface area (Å²) in [4.78, 5) is 11.3. The zero-order valence-corrected chi connectivity index (χ0v) is 8.54. The molecule has 0 N–H and O–H groups in total. The lowest BCUT2D eigenvalue weighted by Gasteiger charge is -1.98. The first-order valence-electron chi connectivity index (χ1n) is 3.47. The summed E-state index contributed by atoms with van der Waals surface area (Å²) in [5.41, 5.74) is 0.719. The number of hydrogen-bond acceptors (Lipinski definition) is 1. The van der Waals surface area contributed by atoms with Crippen molar-refractivity contribution in [1.29, 1.82) is 0 Å². The Morgan fingerprint density at radius 2 is 2.17 bits per heavy atom. The van der Waals surface area contributed by atoms with Gasteiger partial charge in [0.2, 0.25) is 0 Å². The van der Waals surface area contributed by atoms with E-state index in [1.54, 1.807) is 6.07 Å². The van der Waals surface area contributed by atoms with E-state index in [9.17, 15) is 4.79 Å². The van der Waals surface area contributed by atoms with Crippen molar-refractivity contribution in [2.24, 2.45) is 0 Å². The molecule has 12 heavy (non-hydrogen) atoms. The largest absolute Gasteiger partial charge is 0.293 e. The van der Waals surface area contributed by atoms with E-state index in [-0.39, 0.29) is 12.2 Å². The Bertz CT molecular complexity index is 336. The molecule has 0 amide bonds. The maximum Gasteiger partial charge on any atom is 0.175 e. The average molecular weight is 270 g/mol. The molecule has 0 aliphatic carbocycles. The second kappa shape index (κ2) is 4.27. The highest BCUT2D eigenvalue weighted by Crippen LogP contribution is 2.12. The standard InChI is InChI=1S/C10H7IO/c1-2-5-10(12)8-6-3-4-7-9(8)11/h1,3-4,6-7H,5H2. The molecule has 0 atom stereocenters. The van der Waals surface area contributed by atoms with Gasteiger partial charge in [0.05, 0.1) is 6.42 Å². The topological polar surface area (TPSA) is 17.1 Å². The summed E-state index contributed by atoms with van der Waals surface area (Å²) in [7, 11) is 0. The fourth-order valence-corrected chi connectivity index (χ4v) is 1.56. The molecule has 1 aromatic carbocycles. The number of Topliss-reactive ketones (excluding diaryl/α,β-unsaturated/α-hetero) is 1. The molecule has 0 unspecified atom stereocenters. The summed E-state index contributed by atoms with van der Waals surface area (Å²) in [6.07, 6.45) is 5.22. The van der Waals surface area contributed by atoms with Crippen molar-refractivity contribution < 1.29 is 4.79 Å². The van der Waals surface area contributed by atoms with Crippen LogP contribution in [0.25, 0.3) is 0 Å². The minimum Gasteiger partial charge on any atom is -0.293 e. The number of carbonyl (C=O) groups is 1. The van der Waals surface area contributed by atoms with Crippen LogP contribution in [0.15, 0.2) is 24.3 Å². The van der Waals surface area contributed by atoms with Crippen LogP contribution in [0.1, 0.15) is 16.8 Å². The number of benzene rings is 1. The molecule has 60 valence electrons. The molecular formula is C10H7IO. The minimum absolute atomic E-state index is 0.0162. The highest BCUT2D eigenvalue weighted by atomic mass is 127. The van der Waals surface area contributed by atoms with E-state index < -0.39 is 0 Å². The Hall–Kier alpha value is -0.820. The predicted octanol–water partition coefficient (Wildman–Crippen LogP) is 2.50. The van der Waals surface area contributed by atoms with E-state index in [2.05, 4.69) is 28.5 Å². The van der Waals surface area contributed by atoms with Crippen molar-refractivity contribution in [3.63, 3.8) is 0 Å². The molecule has 0 heterocycles. The lowest BCUT2D eigenvalue weighted by Crippen LogP contribution is -1.99. The maximum absolute atomic E-state index is 11.3. The van der Waals surface area contributed by atoms with E-state index in [0.29, 0.717) is 0 Å². The first-order valence-corrected chi connectivity index (χ1v) is 4.54. The number of rotatable bonds is 2. The number of halogens is 1. The summed E-state index contributed by atoms with van der Waals surface area (Å²) in [5.74, 6) is 2.36. The average Bonchev–Trinajstić information content (AvgIpc) is 2.05. The van der Waals surface area contributed by atoms with Gasteiger partial charge in [-0.15, -0.1) is 6.42 Å². The number of hydrogen-bond donors (Lipinski definition) is 0. The van der Waals surface area contributed by atoms with Gasteiger partial charge in [0.25, 0.3) is 0 Å². The summed E-state index contributed by atoms with van der Waals surface area (Å²) in [6.45, 7) is 0. The third kappa shape index (κ3) is 2.08. The second-order valence-corrected chi connectivity index (χ2v) is 3.45. The molecule has 0 bridgehead atoms. The van der Waals surface area contributed by atoms with Crippen molar-refractivity contribution in [2.45, 2.75) is 6.42 Å². The summed E-state index contributed by atoms with van der Waals surface area (Å²) in [6, 6.07) is 7.42. The normalized spacial score (nSPS) is 9.00. The van der Waals surface area contributed by atoms with Crippen molar-refractivity contribution in [3.8, 4) is 12.3 Å². The fraction of sp³-hybridized carbons (Fsp3) is 0.100. The van der Waals surface area contributed by atoms with Crippen LogP contribution in [0.4, 0.5) is 0 Å². The maximum atomic E-state index is 11.3. The lowest BCUT2D eigenvalue weighted by atomic mass is 10.1. The van der Waals surface area contributed by atoms with Crippen LogP contribution in [0, 0.1) is 15.9 Å². The molecule has 0 aliphatic rings. The number of ketones is 1. The van der Waals surface area contributed by atoms with Gasteiger partial charge in [-0.3, -0.25) is 4.79 Å². The van der Waals surface area contributed by atoms with Crippen LogP contribution >= 0.6 is 22.6 Å². The van der Waals surface area contributed by atoms with Crippen LogP contribution in [0.5, 0.6) is 0 Å². The monoisotopic (exact) mass is 270 g/mol. The first-order chi connectivity index (χ1) is 5.75. The Kier molecular flexibility index (Phi) is 3.30. The first kappa shape index (κ1) is 9.27. The minimum atomic E-state index is 0.0162. The molecule has 0 aromatic heterocycles. The van der Waals surface area contributed by atoms with E-state index in [4.69, 9.17) is 6.42 Å². The highest BCUT2D eigenvalue weighted by molar-refractivity contribution is 14.1. The van der Waals surface area contributed by atoms with Crippen LogP contribution in [0.2, 0.25) is 0 Å². The molecule has 0 aliphatic heterocycles. The Morgan fingerprint density at radius 3 is 2.75 bits per heavy atom. The van der Waals surface area contributed by atoms with Crippen molar-refractivity contribution in [3.05, 3.63) is 33.4 Å². The predicted molar refractivity (Wildman–Crippen MR) is 56.9 cm³/mol. The quantitative estimate of drug-likeness (QED) is 0.458. The van der Waals surface area contributed by atoms with Gasteiger partial charge in [0.15, 0.2) is 5.78 Å². The van der Waals surface area contributed by atoms with Crippen LogP contribution in [-0.4, -0.2) is 5.78 Å². The third-order valence-corrected chi connectivity index (χ3v) is 2.38. The molecule has 0 fully saturated rings. The van der Waals surface area contributed by atoms with Crippen molar-refractivity contribution in [1.82, 2.24) is 0 Å². The Morgan fingerprint density at radius 1 is 1.50 bits per heavy atom. The van der Waals surface area contributed by atoms with Gasteiger partial charge < -0.3 is 0 Å². The van der Waals surface area contributed by atoms with Gasteiger partial charge in [0.1, 0.15) is 0 Å². The highest BCUT2D eigenvalue weighted by Gasteiger charge is 2.06. The van der Waals surface area contributed by atoms with E-state index in [1.165, 1.54) is 0 Å². The van der Waals surface area contributed by atoms with Crippen molar-refractivity contribution in [2.75, 3.05) is 0 Å². The smallest absolute Gasteiger partial charge is 0.175 e. The fourth-order valence-electron chi connectivity index (χ4n) is 0.875. The summed E-state index contributed by atoms with van der Waals surface area (Å²) in [5, 5.41) is 0. The molecular weight excluding hydrogens is 263 g/mol. The second-order valence-electron chi connectivity index (χ2n) is 2.28. The summed E-state index contributed by atoms with van der Waals surface area (Å²) >= 11 is 2.13. The zero-order valence-electron chi connectivity index (χ0n) is 6.38. The van der Waals surface area contributed by atoms with Gasteiger partial charge in [-0.2, -0.15) is 0 Å². The summed E-state index contributed by atoms with van der Waals surface area (Å²) < 4.78 is 0.954. The third-order valence-electron chi connectivity index (χ3n) is 1.44. The molecule has 2 heteroatoms. The molecule has 0 saturated heterocycles. The van der Waals surface area contributed by atoms with Gasteiger partial charge in [-0.25, -0.2) is 0 Å².